The van der Waals surface area contributed by atoms with Crippen molar-refractivity contribution in [3.8, 4) is 0 Å². The highest BCUT2D eigenvalue weighted by Crippen LogP contribution is 2.11. The Morgan fingerprint density at radius 2 is 2.12 bits per heavy atom. The molecule has 1 heterocycles. The molecule has 0 amide bonds. The summed E-state index contributed by atoms with van der Waals surface area (Å²) in [5, 5.41) is 2.85. The second-order valence-corrected chi connectivity index (χ2v) is 7.38. The van der Waals surface area contributed by atoms with Gasteiger partial charge in [0.25, 0.3) is 0 Å². The predicted octanol–water partition coefficient (Wildman–Crippen LogP) is 0.911. The number of hydrogen-bond acceptors (Lipinski definition) is 4. The summed E-state index contributed by atoms with van der Waals surface area (Å²) in [6, 6.07) is 0.272. The summed E-state index contributed by atoms with van der Waals surface area (Å²) in [6.45, 7) is 4.28. The minimum absolute atomic E-state index is 0.00375. The maximum absolute atomic E-state index is 11.6. The van der Waals surface area contributed by atoms with Crippen LogP contribution in [0.5, 0.6) is 0 Å². The Morgan fingerprint density at radius 1 is 1.44 bits per heavy atom. The monoisotopic (exact) mass is 247 g/mol. The second kappa shape index (κ2) is 5.77. The van der Waals surface area contributed by atoms with E-state index < -0.39 is 9.84 Å². The third-order valence-electron chi connectivity index (χ3n) is 3.02. The number of hydrogen-bond donors (Lipinski definition) is 1. The van der Waals surface area contributed by atoms with Crippen molar-refractivity contribution in [2.24, 2.45) is 0 Å². The Kier molecular flexibility index (Phi) is 4.92. The van der Waals surface area contributed by atoms with E-state index in [4.69, 9.17) is 0 Å². The van der Waals surface area contributed by atoms with Crippen LogP contribution >= 0.6 is 0 Å². The van der Waals surface area contributed by atoms with Gasteiger partial charge in [0.1, 0.15) is 5.78 Å². The lowest BCUT2D eigenvalue weighted by Gasteiger charge is -2.10. The Labute approximate surface area is 97.7 Å². The zero-order valence-corrected chi connectivity index (χ0v) is 10.8. The van der Waals surface area contributed by atoms with Crippen molar-refractivity contribution in [3.05, 3.63) is 0 Å². The highest BCUT2D eigenvalue weighted by molar-refractivity contribution is 7.91. The molecule has 1 unspecified atom stereocenters. The SMILES string of the molecule is CC(C)S(=O)(=O)CCC(=O)CC1CCCN1. The smallest absolute Gasteiger partial charge is 0.153 e. The first-order chi connectivity index (χ1) is 7.42. The van der Waals surface area contributed by atoms with E-state index in [0.29, 0.717) is 6.42 Å². The van der Waals surface area contributed by atoms with E-state index in [-0.39, 0.29) is 29.2 Å². The lowest BCUT2D eigenvalue weighted by atomic mass is 10.1. The molecule has 0 saturated carbocycles. The van der Waals surface area contributed by atoms with Gasteiger partial charge in [-0.05, 0) is 33.2 Å². The van der Waals surface area contributed by atoms with E-state index in [2.05, 4.69) is 5.32 Å². The van der Waals surface area contributed by atoms with E-state index in [0.717, 1.165) is 19.4 Å². The molecule has 0 radical (unpaired) electrons. The first-order valence-electron chi connectivity index (χ1n) is 5.88. The average Bonchev–Trinajstić information content (AvgIpc) is 2.67. The zero-order chi connectivity index (χ0) is 12.2. The molecule has 94 valence electrons. The zero-order valence-electron chi connectivity index (χ0n) is 10.0. The van der Waals surface area contributed by atoms with Crippen molar-refractivity contribution in [3.63, 3.8) is 0 Å². The molecule has 0 aromatic carbocycles. The van der Waals surface area contributed by atoms with Gasteiger partial charge < -0.3 is 5.32 Å². The number of carbonyl (C=O) groups excluding carboxylic acids is 1. The van der Waals surface area contributed by atoms with Gasteiger partial charge in [-0.1, -0.05) is 0 Å². The van der Waals surface area contributed by atoms with E-state index in [1.165, 1.54) is 0 Å². The molecule has 1 aliphatic heterocycles. The standard InChI is InChI=1S/C11H21NO3S/c1-9(2)16(14,15)7-5-11(13)8-10-4-3-6-12-10/h9-10,12H,3-8H2,1-2H3. The van der Waals surface area contributed by atoms with E-state index in [9.17, 15) is 13.2 Å². The second-order valence-electron chi connectivity index (χ2n) is 4.70. The van der Waals surface area contributed by atoms with Crippen LogP contribution in [-0.4, -0.2) is 37.8 Å². The molecule has 16 heavy (non-hydrogen) atoms. The molecule has 0 bridgehead atoms. The first-order valence-corrected chi connectivity index (χ1v) is 7.60. The number of nitrogens with one attached hydrogen (secondary N) is 1. The van der Waals surface area contributed by atoms with Crippen LogP contribution in [0.4, 0.5) is 0 Å². The summed E-state index contributed by atoms with van der Waals surface area (Å²) in [7, 11) is -3.07. The van der Waals surface area contributed by atoms with Crippen molar-refractivity contribution in [2.45, 2.75) is 50.8 Å². The minimum Gasteiger partial charge on any atom is -0.314 e. The van der Waals surface area contributed by atoms with Gasteiger partial charge in [-0.3, -0.25) is 4.79 Å². The lowest BCUT2D eigenvalue weighted by molar-refractivity contribution is -0.119. The van der Waals surface area contributed by atoms with Gasteiger partial charge in [0, 0.05) is 18.9 Å². The molecule has 1 aliphatic rings. The lowest BCUT2D eigenvalue weighted by Crippen LogP contribution is -2.26. The molecule has 0 aromatic rings. The fraction of sp³-hybridized carbons (Fsp3) is 0.909. The maximum atomic E-state index is 11.6. The number of rotatable bonds is 6. The van der Waals surface area contributed by atoms with Crippen LogP contribution in [0.25, 0.3) is 0 Å². The third kappa shape index (κ3) is 4.22. The van der Waals surface area contributed by atoms with Crippen LogP contribution < -0.4 is 5.32 Å². The van der Waals surface area contributed by atoms with Gasteiger partial charge in [0.2, 0.25) is 0 Å². The Balaban J connectivity index is 2.29. The molecule has 0 aromatic heterocycles. The Hall–Kier alpha value is -0.420. The van der Waals surface area contributed by atoms with Crippen molar-refractivity contribution >= 4 is 15.6 Å². The topological polar surface area (TPSA) is 63.2 Å². The molecule has 1 rings (SSSR count). The molecular formula is C11H21NO3S. The molecule has 1 N–H and O–H groups in total. The largest absolute Gasteiger partial charge is 0.314 e. The maximum Gasteiger partial charge on any atom is 0.153 e. The van der Waals surface area contributed by atoms with Crippen molar-refractivity contribution in [1.29, 1.82) is 0 Å². The fourth-order valence-electron chi connectivity index (χ4n) is 1.80. The average molecular weight is 247 g/mol. The minimum atomic E-state index is -3.07. The highest BCUT2D eigenvalue weighted by atomic mass is 32.2. The third-order valence-corrected chi connectivity index (χ3v) is 5.23. The summed E-state index contributed by atoms with van der Waals surface area (Å²) in [4.78, 5) is 11.6. The molecule has 0 spiro atoms. The molecule has 0 aliphatic carbocycles. The Morgan fingerprint density at radius 3 is 2.62 bits per heavy atom. The van der Waals surface area contributed by atoms with Crippen LogP contribution in [0, 0.1) is 0 Å². The molecule has 1 fully saturated rings. The van der Waals surface area contributed by atoms with Crippen LogP contribution in [0.2, 0.25) is 0 Å². The summed E-state index contributed by atoms with van der Waals surface area (Å²) in [5.74, 6) is 0.0552. The molecule has 4 nitrogen and oxygen atoms in total. The van der Waals surface area contributed by atoms with E-state index >= 15 is 0 Å². The van der Waals surface area contributed by atoms with Gasteiger partial charge in [-0.25, -0.2) is 8.42 Å². The van der Waals surface area contributed by atoms with E-state index in [1.807, 2.05) is 0 Å². The van der Waals surface area contributed by atoms with Gasteiger partial charge in [-0.15, -0.1) is 0 Å². The van der Waals surface area contributed by atoms with Gasteiger partial charge in [-0.2, -0.15) is 0 Å². The van der Waals surface area contributed by atoms with Gasteiger partial charge in [0.05, 0.1) is 11.0 Å². The van der Waals surface area contributed by atoms with Gasteiger partial charge in [0.15, 0.2) is 9.84 Å². The molecule has 1 saturated heterocycles. The summed E-state index contributed by atoms with van der Waals surface area (Å²) >= 11 is 0. The summed E-state index contributed by atoms with van der Waals surface area (Å²) < 4.78 is 23.0. The molecule has 5 heteroatoms. The highest BCUT2D eigenvalue weighted by Gasteiger charge is 2.21. The van der Waals surface area contributed by atoms with Crippen molar-refractivity contribution in [1.82, 2.24) is 5.32 Å². The Bertz CT molecular complexity index is 329. The predicted molar refractivity (Wildman–Crippen MR) is 64.2 cm³/mol. The summed E-state index contributed by atoms with van der Waals surface area (Å²) in [5.41, 5.74) is 0. The number of carbonyl (C=O) groups is 1. The van der Waals surface area contributed by atoms with Gasteiger partial charge >= 0.3 is 0 Å². The van der Waals surface area contributed by atoms with Crippen LogP contribution in [0.15, 0.2) is 0 Å². The van der Waals surface area contributed by atoms with Crippen molar-refractivity contribution < 1.29 is 13.2 Å². The summed E-state index contributed by atoms with van der Waals surface area (Å²) in [6.07, 6.45) is 2.79. The van der Waals surface area contributed by atoms with Crippen LogP contribution in [0.3, 0.4) is 0 Å². The molecular weight excluding hydrogens is 226 g/mol. The van der Waals surface area contributed by atoms with Crippen LogP contribution in [0.1, 0.15) is 39.5 Å². The van der Waals surface area contributed by atoms with Crippen molar-refractivity contribution in [2.75, 3.05) is 12.3 Å². The number of Topliss-reactive ketones (excluding diaryl/α,β-unsaturated/α-hetero) is 1. The first kappa shape index (κ1) is 13.6. The molecule has 1 atom stereocenters. The number of sulfone groups is 1. The number of ketones is 1. The fourth-order valence-corrected chi connectivity index (χ4v) is 2.78. The van der Waals surface area contributed by atoms with E-state index in [1.54, 1.807) is 13.8 Å². The normalized spacial score (nSPS) is 21.6. The van der Waals surface area contributed by atoms with Crippen LogP contribution in [-0.2, 0) is 14.6 Å². The quantitative estimate of drug-likeness (QED) is 0.758.